The third-order valence-corrected chi connectivity index (χ3v) is 5.17. The molecule has 0 saturated carbocycles. The summed E-state index contributed by atoms with van der Waals surface area (Å²) in [5.41, 5.74) is 3.80. The first kappa shape index (κ1) is 17.9. The summed E-state index contributed by atoms with van der Waals surface area (Å²) in [6, 6.07) is 13.8. The van der Waals surface area contributed by atoms with Crippen LogP contribution in [-0.2, 0) is 13.1 Å². The lowest BCUT2D eigenvalue weighted by Crippen LogP contribution is -2.27. The van der Waals surface area contributed by atoms with Gasteiger partial charge < -0.3 is 9.47 Å². The number of likely N-dealkylation sites (N-methyl/N-ethyl adjacent to an activating group) is 1. The minimum Gasteiger partial charge on any atom is -0.325 e. The summed E-state index contributed by atoms with van der Waals surface area (Å²) in [5.74, 6) is 0.944. The fourth-order valence-corrected chi connectivity index (χ4v) is 3.57. The van der Waals surface area contributed by atoms with Crippen molar-refractivity contribution in [3.8, 4) is 0 Å². The molecule has 0 N–H and O–H groups in total. The molecule has 0 bridgehead atoms. The molecule has 140 valence electrons. The Morgan fingerprint density at radius 3 is 2.33 bits per heavy atom. The summed E-state index contributed by atoms with van der Waals surface area (Å²) in [7, 11) is 0. The second-order valence-corrected chi connectivity index (χ2v) is 7.00. The minimum absolute atomic E-state index is 0.527. The average molecular weight is 383 g/mol. The molecule has 0 radical (unpaired) electrons. The Morgan fingerprint density at radius 1 is 0.963 bits per heavy atom. The molecule has 6 nitrogen and oxygen atoms in total. The predicted octanol–water partition coefficient (Wildman–Crippen LogP) is 3.82. The van der Waals surface area contributed by atoms with Gasteiger partial charge in [0.2, 0.25) is 0 Å². The molecule has 2 aromatic heterocycles. The Morgan fingerprint density at radius 2 is 1.67 bits per heavy atom. The van der Waals surface area contributed by atoms with Crippen LogP contribution in [0.4, 0.5) is 0 Å². The molecule has 2 heterocycles. The molecule has 4 aromatic rings. The highest BCUT2D eigenvalue weighted by Crippen LogP contribution is 2.21. The zero-order chi connectivity index (χ0) is 18.8. The van der Waals surface area contributed by atoms with Crippen molar-refractivity contribution in [2.45, 2.75) is 26.9 Å². The molecule has 0 saturated heterocycles. The summed E-state index contributed by atoms with van der Waals surface area (Å²) in [6.45, 7) is 8.83. The van der Waals surface area contributed by atoms with E-state index in [1.165, 1.54) is 0 Å². The predicted molar refractivity (Wildman–Crippen MR) is 109 cm³/mol. The fourth-order valence-electron chi connectivity index (χ4n) is 3.41. The van der Waals surface area contributed by atoms with Gasteiger partial charge in [0.1, 0.15) is 23.4 Å². The van der Waals surface area contributed by atoms with E-state index in [0.717, 1.165) is 54.1 Å². The van der Waals surface area contributed by atoms with Gasteiger partial charge in [-0.3, -0.25) is 0 Å². The van der Waals surface area contributed by atoms with E-state index in [0.29, 0.717) is 11.6 Å². The summed E-state index contributed by atoms with van der Waals surface area (Å²) < 4.78 is 2.26. The molecule has 7 heteroatoms. The van der Waals surface area contributed by atoms with Crippen molar-refractivity contribution in [2.75, 3.05) is 19.6 Å². The van der Waals surface area contributed by atoms with Gasteiger partial charge in [-0.05, 0) is 43.4 Å². The second-order valence-electron chi connectivity index (χ2n) is 6.56. The SMILES string of the molecule is CCN(CC)CCn1c(Cn2nc3ccccc3n2)nc2cc(Cl)ccc21. The van der Waals surface area contributed by atoms with Gasteiger partial charge in [0.05, 0.1) is 11.0 Å². The Labute approximate surface area is 163 Å². The first-order chi connectivity index (χ1) is 13.2. The Hall–Kier alpha value is -2.44. The number of hydrogen-bond donors (Lipinski definition) is 0. The van der Waals surface area contributed by atoms with Crippen LogP contribution in [-0.4, -0.2) is 49.1 Å². The number of fused-ring (bicyclic) bond motifs is 2. The zero-order valence-corrected chi connectivity index (χ0v) is 16.4. The molecule has 0 amide bonds. The van der Waals surface area contributed by atoms with Crippen LogP contribution in [0, 0.1) is 0 Å². The lowest BCUT2D eigenvalue weighted by Gasteiger charge is -2.19. The van der Waals surface area contributed by atoms with Gasteiger partial charge in [-0.15, -0.1) is 0 Å². The second kappa shape index (κ2) is 7.66. The van der Waals surface area contributed by atoms with E-state index in [2.05, 4.69) is 33.5 Å². The van der Waals surface area contributed by atoms with Crippen molar-refractivity contribution < 1.29 is 0 Å². The number of nitrogens with zero attached hydrogens (tertiary/aromatic N) is 6. The van der Waals surface area contributed by atoms with Crippen LogP contribution >= 0.6 is 11.6 Å². The van der Waals surface area contributed by atoms with Crippen molar-refractivity contribution in [3.63, 3.8) is 0 Å². The number of imidazole rings is 1. The largest absolute Gasteiger partial charge is 0.325 e. The molecule has 0 spiro atoms. The van der Waals surface area contributed by atoms with Crippen LogP contribution in [0.2, 0.25) is 5.02 Å². The lowest BCUT2D eigenvalue weighted by atomic mass is 10.3. The molecule has 0 aliphatic carbocycles. The number of benzene rings is 2. The van der Waals surface area contributed by atoms with Gasteiger partial charge in [-0.2, -0.15) is 15.0 Å². The maximum Gasteiger partial charge on any atom is 0.133 e. The third kappa shape index (κ3) is 3.68. The van der Waals surface area contributed by atoms with Gasteiger partial charge in [-0.1, -0.05) is 37.6 Å². The first-order valence-electron chi connectivity index (χ1n) is 9.34. The zero-order valence-electron chi connectivity index (χ0n) is 15.6. The highest BCUT2D eigenvalue weighted by Gasteiger charge is 2.14. The maximum absolute atomic E-state index is 6.18. The van der Waals surface area contributed by atoms with Crippen LogP contribution in [0.1, 0.15) is 19.7 Å². The molecule has 2 aromatic carbocycles. The highest BCUT2D eigenvalue weighted by molar-refractivity contribution is 6.31. The van der Waals surface area contributed by atoms with E-state index < -0.39 is 0 Å². The normalized spacial score (nSPS) is 11.9. The topological polar surface area (TPSA) is 51.8 Å². The lowest BCUT2D eigenvalue weighted by molar-refractivity contribution is 0.290. The molecule has 0 unspecified atom stereocenters. The molecule has 27 heavy (non-hydrogen) atoms. The van der Waals surface area contributed by atoms with Crippen LogP contribution in [0.25, 0.3) is 22.1 Å². The highest BCUT2D eigenvalue weighted by atomic mass is 35.5. The van der Waals surface area contributed by atoms with Gasteiger partial charge in [0, 0.05) is 18.1 Å². The van der Waals surface area contributed by atoms with E-state index in [4.69, 9.17) is 16.6 Å². The molecule has 0 fully saturated rings. The number of hydrogen-bond acceptors (Lipinski definition) is 4. The summed E-state index contributed by atoms with van der Waals surface area (Å²) >= 11 is 6.18. The molecule has 0 aliphatic rings. The number of halogens is 1. The molecule has 0 atom stereocenters. The maximum atomic E-state index is 6.18. The van der Waals surface area contributed by atoms with Gasteiger partial charge in [-0.25, -0.2) is 4.98 Å². The monoisotopic (exact) mass is 382 g/mol. The van der Waals surface area contributed by atoms with Crippen molar-refractivity contribution in [2.24, 2.45) is 0 Å². The van der Waals surface area contributed by atoms with E-state index in [1.807, 2.05) is 42.5 Å². The van der Waals surface area contributed by atoms with Crippen LogP contribution in [0.5, 0.6) is 0 Å². The fraction of sp³-hybridized carbons (Fsp3) is 0.350. The van der Waals surface area contributed by atoms with E-state index in [9.17, 15) is 0 Å². The Balaban J connectivity index is 1.70. The Bertz CT molecular complexity index is 1030. The van der Waals surface area contributed by atoms with Crippen LogP contribution in [0.15, 0.2) is 42.5 Å². The van der Waals surface area contributed by atoms with Crippen molar-refractivity contribution >= 4 is 33.7 Å². The van der Waals surface area contributed by atoms with Crippen LogP contribution in [0.3, 0.4) is 0 Å². The van der Waals surface area contributed by atoms with Crippen molar-refractivity contribution in [3.05, 3.63) is 53.3 Å². The van der Waals surface area contributed by atoms with E-state index >= 15 is 0 Å². The summed E-state index contributed by atoms with van der Waals surface area (Å²) in [4.78, 5) is 8.96. The van der Waals surface area contributed by atoms with Gasteiger partial charge >= 0.3 is 0 Å². The third-order valence-electron chi connectivity index (χ3n) is 4.93. The molecule has 0 aliphatic heterocycles. The van der Waals surface area contributed by atoms with Gasteiger partial charge in [0.15, 0.2) is 0 Å². The van der Waals surface area contributed by atoms with Crippen molar-refractivity contribution in [1.29, 1.82) is 0 Å². The Kier molecular flexibility index (Phi) is 5.09. The first-order valence-corrected chi connectivity index (χ1v) is 9.72. The standard InChI is InChI=1S/C20H23ClN6/c1-3-25(4-2)11-12-26-19-10-9-15(21)13-18(19)22-20(26)14-27-23-16-7-5-6-8-17(16)24-27/h5-10,13H,3-4,11-12,14H2,1-2H3. The minimum atomic E-state index is 0.527. The number of aromatic nitrogens is 5. The van der Waals surface area contributed by atoms with Crippen LogP contribution < -0.4 is 0 Å². The smallest absolute Gasteiger partial charge is 0.133 e. The van der Waals surface area contributed by atoms with Gasteiger partial charge in [0.25, 0.3) is 0 Å². The quantitative estimate of drug-likeness (QED) is 0.487. The molecule has 4 rings (SSSR count). The molecular formula is C20H23ClN6. The molecular weight excluding hydrogens is 360 g/mol. The van der Waals surface area contributed by atoms with Crippen molar-refractivity contribution in [1.82, 2.24) is 29.4 Å². The van der Waals surface area contributed by atoms with E-state index in [-0.39, 0.29) is 0 Å². The van der Waals surface area contributed by atoms with E-state index in [1.54, 1.807) is 4.80 Å². The average Bonchev–Trinajstić information content (AvgIpc) is 3.22. The summed E-state index contributed by atoms with van der Waals surface area (Å²) in [6.07, 6.45) is 0. The summed E-state index contributed by atoms with van der Waals surface area (Å²) in [5, 5.41) is 9.86. The number of rotatable bonds is 7.